The number of amides is 2. The SMILES string of the molecule is CS(=O)(=O)CC(=O)Nc1c2c(nn1CCCC(F)(F)F)C[C@@]1(CCc3cc(OCC(F)(F)F)cc(F)c31)NC2=O. The first-order valence-corrected chi connectivity index (χ1v) is 13.9. The van der Waals surface area contributed by atoms with Gasteiger partial charge < -0.3 is 15.4 Å². The molecule has 0 unspecified atom stereocenters. The standard InChI is InChI=1S/C23H23F7N4O5S/c1-40(37,38)10-16(35)31-19-17-15(33-34(19)6-2-4-22(25,26)27)9-21(32-20(17)36)5-3-12-7-13(8-14(24)18(12)21)39-11-23(28,29)30/h7-8H,2-6,9-11H2,1H3,(H,31,35)(H,32,36)/t21-/m1/s1. The highest BCUT2D eigenvalue weighted by Gasteiger charge is 2.48. The second-order valence-electron chi connectivity index (χ2n) is 9.79. The number of anilines is 1. The molecule has 17 heteroatoms. The summed E-state index contributed by atoms with van der Waals surface area (Å²) in [7, 11) is -3.79. The van der Waals surface area contributed by atoms with E-state index < -0.39 is 70.6 Å². The third-order valence-electron chi connectivity index (χ3n) is 6.40. The summed E-state index contributed by atoms with van der Waals surface area (Å²) in [6, 6.07) is 2.01. The lowest BCUT2D eigenvalue weighted by atomic mass is 9.82. The lowest BCUT2D eigenvalue weighted by Gasteiger charge is -2.35. The Morgan fingerprint density at radius 2 is 1.90 bits per heavy atom. The van der Waals surface area contributed by atoms with E-state index in [1.807, 2.05) is 0 Å². The van der Waals surface area contributed by atoms with Crippen LogP contribution >= 0.6 is 0 Å². The number of carbonyl (C=O) groups is 2. The summed E-state index contributed by atoms with van der Waals surface area (Å²) in [6.45, 7) is -2.01. The molecular weight excluding hydrogens is 577 g/mol. The van der Waals surface area contributed by atoms with Gasteiger partial charge in [0.25, 0.3) is 5.91 Å². The summed E-state index contributed by atoms with van der Waals surface area (Å²) in [5.74, 6) is -4.42. The minimum absolute atomic E-state index is 0.0140. The van der Waals surface area contributed by atoms with Gasteiger partial charge in [0.15, 0.2) is 16.4 Å². The number of alkyl halides is 6. The summed E-state index contributed by atoms with van der Waals surface area (Å²) in [5, 5.41) is 9.15. The van der Waals surface area contributed by atoms with Crippen molar-refractivity contribution in [3.05, 3.63) is 40.3 Å². The average molecular weight is 601 g/mol. The molecule has 0 saturated heterocycles. The second kappa shape index (κ2) is 10.2. The Morgan fingerprint density at radius 1 is 1.20 bits per heavy atom. The Morgan fingerprint density at radius 3 is 2.52 bits per heavy atom. The Hall–Kier alpha value is -3.37. The molecule has 2 aromatic rings. The number of hydrogen-bond donors (Lipinski definition) is 2. The highest BCUT2D eigenvalue weighted by atomic mass is 32.2. The Kier molecular flexibility index (Phi) is 7.57. The molecule has 1 aliphatic heterocycles. The molecular formula is C23H23F7N4O5S. The zero-order valence-electron chi connectivity index (χ0n) is 20.8. The number of sulfone groups is 1. The van der Waals surface area contributed by atoms with Gasteiger partial charge in [-0.3, -0.25) is 9.59 Å². The highest BCUT2D eigenvalue weighted by molar-refractivity contribution is 7.91. The Labute approximate surface area is 223 Å². The van der Waals surface area contributed by atoms with E-state index in [4.69, 9.17) is 0 Å². The van der Waals surface area contributed by atoms with Crippen LogP contribution in [0.2, 0.25) is 0 Å². The number of aryl methyl sites for hydroxylation is 2. The van der Waals surface area contributed by atoms with Gasteiger partial charge in [-0.15, -0.1) is 0 Å². The van der Waals surface area contributed by atoms with Crippen molar-refractivity contribution < 1.29 is 53.5 Å². The van der Waals surface area contributed by atoms with E-state index >= 15 is 4.39 Å². The van der Waals surface area contributed by atoms with Crippen molar-refractivity contribution in [2.75, 3.05) is 23.9 Å². The predicted molar refractivity (Wildman–Crippen MR) is 125 cm³/mol. The van der Waals surface area contributed by atoms with Gasteiger partial charge >= 0.3 is 12.4 Å². The summed E-state index contributed by atoms with van der Waals surface area (Å²) in [5.41, 5.74) is -1.24. The van der Waals surface area contributed by atoms with Crippen LogP contribution in [0.4, 0.5) is 36.6 Å². The van der Waals surface area contributed by atoms with Crippen LogP contribution in [0.15, 0.2) is 12.1 Å². The maximum atomic E-state index is 15.2. The van der Waals surface area contributed by atoms with Gasteiger partial charge in [-0.25, -0.2) is 17.5 Å². The fraction of sp³-hybridized carbons (Fsp3) is 0.522. The monoisotopic (exact) mass is 600 g/mol. The fourth-order valence-electron chi connectivity index (χ4n) is 5.00. The van der Waals surface area contributed by atoms with Gasteiger partial charge in [0.2, 0.25) is 5.91 Å². The van der Waals surface area contributed by atoms with E-state index in [0.717, 1.165) is 17.0 Å². The van der Waals surface area contributed by atoms with Gasteiger partial charge in [-0.05, 0) is 30.9 Å². The van der Waals surface area contributed by atoms with E-state index in [0.29, 0.717) is 5.56 Å². The number of hydrogen-bond acceptors (Lipinski definition) is 6. The molecule has 1 aliphatic carbocycles. The number of fused-ring (bicyclic) bond motifs is 3. The molecule has 0 radical (unpaired) electrons. The zero-order valence-corrected chi connectivity index (χ0v) is 21.6. The Bertz CT molecular complexity index is 1450. The number of halogens is 7. The number of nitrogens with zero attached hydrogens (tertiary/aromatic N) is 2. The number of rotatable bonds is 8. The number of aromatic nitrogens is 2. The minimum atomic E-state index is -4.64. The van der Waals surface area contributed by atoms with Crippen molar-refractivity contribution in [2.45, 2.75) is 56.5 Å². The van der Waals surface area contributed by atoms with Crippen molar-refractivity contribution in [1.82, 2.24) is 15.1 Å². The first-order chi connectivity index (χ1) is 18.4. The predicted octanol–water partition coefficient (Wildman–Crippen LogP) is 3.42. The highest BCUT2D eigenvalue weighted by Crippen LogP contribution is 2.46. The first kappa shape index (κ1) is 29.6. The van der Waals surface area contributed by atoms with E-state index in [1.54, 1.807) is 0 Å². The summed E-state index contributed by atoms with van der Waals surface area (Å²) < 4.78 is 120. The fourth-order valence-corrected chi connectivity index (χ4v) is 5.55. The molecule has 2 amide bonds. The Balaban J connectivity index is 1.68. The van der Waals surface area contributed by atoms with Crippen molar-refractivity contribution >= 4 is 27.5 Å². The van der Waals surface area contributed by atoms with Gasteiger partial charge in [-0.2, -0.15) is 31.4 Å². The first-order valence-electron chi connectivity index (χ1n) is 11.8. The maximum Gasteiger partial charge on any atom is 0.422 e. The van der Waals surface area contributed by atoms with E-state index in [2.05, 4.69) is 20.5 Å². The van der Waals surface area contributed by atoms with Crippen LogP contribution < -0.4 is 15.4 Å². The molecule has 2 N–H and O–H groups in total. The molecule has 0 saturated carbocycles. The molecule has 2 aliphatic rings. The lowest BCUT2D eigenvalue weighted by molar-refractivity contribution is -0.153. The molecule has 40 heavy (non-hydrogen) atoms. The smallest absolute Gasteiger partial charge is 0.422 e. The quantitative estimate of drug-likeness (QED) is 0.449. The van der Waals surface area contributed by atoms with Gasteiger partial charge in [0, 0.05) is 37.3 Å². The van der Waals surface area contributed by atoms with Crippen LogP contribution in [0.1, 0.15) is 46.4 Å². The van der Waals surface area contributed by atoms with Gasteiger partial charge in [-0.1, -0.05) is 0 Å². The van der Waals surface area contributed by atoms with Gasteiger partial charge in [0.05, 0.1) is 11.2 Å². The molecule has 1 aromatic heterocycles. The van der Waals surface area contributed by atoms with Crippen LogP contribution in [-0.2, 0) is 39.6 Å². The molecule has 4 rings (SSSR count). The van der Waals surface area contributed by atoms with E-state index in [9.17, 15) is 44.3 Å². The van der Waals surface area contributed by atoms with Crippen LogP contribution in [-0.4, -0.2) is 61.0 Å². The third kappa shape index (κ3) is 6.67. The molecule has 2 heterocycles. The van der Waals surface area contributed by atoms with Crippen LogP contribution in [0, 0.1) is 5.82 Å². The second-order valence-corrected chi connectivity index (χ2v) is 11.9. The molecule has 9 nitrogen and oxygen atoms in total. The zero-order chi connectivity index (χ0) is 29.7. The van der Waals surface area contributed by atoms with Gasteiger partial charge in [0.1, 0.15) is 28.7 Å². The van der Waals surface area contributed by atoms with Crippen LogP contribution in [0.3, 0.4) is 0 Å². The molecule has 1 aromatic carbocycles. The largest absolute Gasteiger partial charge is 0.484 e. The topological polar surface area (TPSA) is 119 Å². The maximum absolute atomic E-state index is 15.2. The normalized spacial score (nSPS) is 18.9. The average Bonchev–Trinajstić information content (AvgIpc) is 3.28. The third-order valence-corrected chi connectivity index (χ3v) is 7.19. The molecule has 0 fully saturated rings. The summed E-state index contributed by atoms with van der Waals surface area (Å²) in [6.07, 6.45) is -9.85. The van der Waals surface area contributed by atoms with Crippen LogP contribution in [0.5, 0.6) is 5.75 Å². The number of benzene rings is 1. The van der Waals surface area contributed by atoms with Crippen LogP contribution in [0.25, 0.3) is 0 Å². The molecule has 0 bridgehead atoms. The van der Waals surface area contributed by atoms with E-state index in [1.165, 1.54) is 6.07 Å². The molecule has 220 valence electrons. The lowest BCUT2D eigenvalue weighted by Crippen LogP contribution is -2.50. The number of carbonyl (C=O) groups excluding carboxylic acids is 2. The molecule has 1 spiro atoms. The van der Waals surface area contributed by atoms with E-state index in [-0.39, 0.29) is 54.2 Å². The summed E-state index contributed by atoms with van der Waals surface area (Å²) >= 11 is 0. The van der Waals surface area contributed by atoms with Crippen molar-refractivity contribution in [1.29, 1.82) is 0 Å². The summed E-state index contributed by atoms with van der Waals surface area (Å²) in [4.78, 5) is 25.6. The number of ether oxygens (including phenoxy) is 1. The van der Waals surface area contributed by atoms with Crippen molar-refractivity contribution in [2.24, 2.45) is 0 Å². The number of nitrogens with one attached hydrogen (secondary N) is 2. The minimum Gasteiger partial charge on any atom is -0.484 e. The molecule has 1 atom stereocenters. The van der Waals surface area contributed by atoms with Crippen molar-refractivity contribution in [3.63, 3.8) is 0 Å². The van der Waals surface area contributed by atoms with Crippen molar-refractivity contribution in [3.8, 4) is 5.75 Å².